The molecule has 1 amide bonds. The molecule has 0 aliphatic heterocycles. The molecule has 0 saturated carbocycles. The first-order chi connectivity index (χ1) is 7.52. The van der Waals surface area contributed by atoms with E-state index in [1.54, 1.807) is 21.1 Å². The summed E-state index contributed by atoms with van der Waals surface area (Å²) in [7, 11) is 3.17. The molecule has 0 rings (SSSR count). The number of nitrogens with zero attached hydrogens (tertiary/aromatic N) is 1. The summed E-state index contributed by atoms with van der Waals surface area (Å²) in [5.74, 6) is -1.10. The Labute approximate surface area is 95.6 Å². The van der Waals surface area contributed by atoms with Gasteiger partial charge in [0.2, 0.25) is 5.91 Å². The molecule has 2 N–H and O–H groups in total. The molecule has 0 aromatic carbocycles. The van der Waals surface area contributed by atoms with Gasteiger partial charge in [0, 0.05) is 13.7 Å². The first-order valence-electron chi connectivity index (χ1n) is 5.21. The number of carbonyl (C=O) groups is 2. The van der Waals surface area contributed by atoms with E-state index in [2.05, 4.69) is 5.32 Å². The summed E-state index contributed by atoms with van der Waals surface area (Å²) in [6.07, 6.45) is 0.469. The van der Waals surface area contributed by atoms with Gasteiger partial charge in [-0.1, -0.05) is 6.92 Å². The first kappa shape index (κ1) is 14.9. The zero-order valence-electron chi connectivity index (χ0n) is 10.0. The standard InChI is InChI=1S/C10H20N2O4/c1-4-8(10(14)15)12(2)7-9(13)11-5-6-16-3/h8H,4-7H2,1-3H3,(H,11,13)(H,14,15). The number of aliphatic carboxylic acids is 1. The number of nitrogens with one attached hydrogen (secondary N) is 1. The number of carbonyl (C=O) groups excluding carboxylic acids is 1. The molecular weight excluding hydrogens is 212 g/mol. The fourth-order valence-electron chi connectivity index (χ4n) is 1.36. The van der Waals surface area contributed by atoms with Gasteiger partial charge < -0.3 is 15.2 Å². The van der Waals surface area contributed by atoms with Gasteiger partial charge in [0.05, 0.1) is 13.2 Å². The summed E-state index contributed by atoms with van der Waals surface area (Å²) in [5.41, 5.74) is 0. The van der Waals surface area contributed by atoms with E-state index in [1.165, 1.54) is 4.90 Å². The van der Waals surface area contributed by atoms with Crippen molar-refractivity contribution in [2.24, 2.45) is 0 Å². The highest BCUT2D eigenvalue weighted by atomic mass is 16.5. The van der Waals surface area contributed by atoms with Gasteiger partial charge in [-0.2, -0.15) is 0 Å². The Morgan fingerprint density at radius 1 is 1.50 bits per heavy atom. The van der Waals surface area contributed by atoms with Crippen molar-refractivity contribution < 1.29 is 19.4 Å². The van der Waals surface area contributed by atoms with E-state index in [-0.39, 0.29) is 12.5 Å². The SMILES string of the molecule is CCC(C(=O)O)N(C)CC(=O)NCCOC. The zero-order valence-corrected chi connectivity index (χ0v) is 10.0. The third-order valence-corrected chi connectivity index (χ3v) is 2.23. The Hall–Kier alpha value is -1.14. The Morgan fingerprint density at radius 2 is 2.12 bits per heavy atom. The first-order valence-corrected chi connectivity index (χ1v) is 5.21. The predicted molar refractivity (Wildman–Crippen MR) is 59.2 cm³/mol. The number of hydrogen-bond donors (Lipinski definition) is 2. The minimum absolute atomic E-state index is 0.0779. The van der Waals surface area contributed by atoms with Gasteiger partial charge in [0.25, 0.3) is 0 Å². The second-order valence-electron chi connectivity index (χ2n) is 3.52. The van der Waals surface area contributed by atoms with E-state index in [9.17, 15) is 9.59 Å². The zero-order chi connectivity index (χ0) is 12.6. The van der Waals surface area contributed by atoms with E-state index in [0.29, 0.717) is 19.6 Å². The molecule has 1 atom stereocenters. The quantitative estimate of drug-likeness (QED) is 0.554. The number of carboxylic acid groups (broad SMARTS) is 1. The summed E-state index contributed by atoms with van der Waals surface area (Å²) < 4.78 is 4.78. The van der Waals surface area contributed by atoms with Crippen LogP contribution in [-0.2, 0) is 14.3 Å². The molecule has 0 fully saturated rings. The molecule has 0 aromatic rings. The molecule has 0 aliphatic rings. The molecule has 16 heavy (non-hydrogen) atoms. The van der Waals surface area contributed by atoms with Gasteiger partial charge >= 0.3 is 5.97 Å². The molecule has 6 heteroatoms. The second kappa shape index (κ2) is 8.06. The molecule has 0 bridgehead atoms. The summed E-state index contributed by atoms with van der Waals surface area (Å²) >= 11 is 0. The van der Waals surface area contributed by atoms with E-state index in [1.807, 2.05) is 0 Å². The fourth-order valence-corrected chi connectivity index (χ4v) is 1.36. The van der Waals surface area contributed by atoms with Crippen molar-refractivity contribution >= 4 is 11.9 Å². The van der Waals surface area contributed by atoms with Crippen LogP contribution in [0.4, 0.5) is 0 Å². The maximum absolute atomic E-state index is 11.4. The Kier molecular flexibility index (Phi) is 7.49. The lowest BCUT2D eigenvalue weighted by atomic mass is 10.2. The predicted octanol–water partition coefficient (Wildman–Crippen LogP) is -0.456. The molecule has 0 heterocycles. The normalized spacial score (nSPS) is 12.5. The fraction of sp³-hybridized carbons (Fsp3) is 0.800. The summed E-state index contributed by atoms with van der Waals surface area (Å²) in [6, 6.07) is -0.617. The topological polar surface area (TPSA) is 78.9 Å². The number of carboxylic acids is 1. The number of rotatable bonds is 8. The summed E-state index contributed by atoms with van der Waals surface area (Å²) in [4.78, 5) is 23.7. The molecule has 0 radical (unpaired) electrons. The van der Waals surface area contributed by atoms with Crippen LogP contribution in [-0.4, -0.2) is 61.8 Å². The summed E-state index contributed by atoms with van der Waals surface area (Å²) in [6.45, 7) is 2.74. The van der Waals surface area contributed by atoms with Gasteiger partial charge in [-0.25, -0.2) is 0 Å². The van der Waals surface area contributed by atoms with Gasteiger partial charge in [-0.15, -0.1) is 0 Å². The molecule has 94 valence electrons. The lowest BCUT2D eigenvalue weighted by Crippen LogP contribution is -2.44. The van der Waals surface area contributed by atoms with Crippen LogP contribution < -0.4 is 5.32 Å². The third-order valence-electron chi connectivity index (χ3n) is 2.23. The lowest BCUT2D eigenvalue weighted by Gasteiger charge is -2.22. The number of hydrogen-bond acceptors (Lipinski definition) is 4. The van der Waals surface area contributed by atoms with Crippen LogP contribution in [0.15, 0.2) is 0 Å². The molecule has 0 aromatic heterocycles. The van der Waals surface area contributed by atoms with Crippen molar-refractivity contribution in [3.63, 3.8) is 0 Å². The van der Waals surface area contributed by atoms with Crippen LogP contribution in [0.5, 0.6) is 0 Å². The third kappa shape index (κ3) is 5.67. The Bertz CT molecular complexity index is 233. The number of likely N-dealkylation sites (N-methyl/N-ethyl adjacent to an activating group) is 1. The Balaban J connectivity index is 3.97. The van der Waals surface area contributed by atoms with Gasteiger partial charge in [0.1, 0.15) is 6.04 Å². The van der Waals surface area contributed by atoms with Crippen LogP contribution in [0.3, 0.4) is 0 Å². The average molecular weight is 232 g/mol. The number of methoxy groups -OCH3 is 1. The van der Waals surface area contributed by atoms with Gasteiger partial charge in [0.15, 0.2) is 0 Å². The molecule has 0 saturated heterocycles. The maximum atomic E-state index is 11.4. The van der Waals surface area contributed by atoms with E-state index in [0.717, 1.165) is 0 Å². The second-order valence-corrected chi connectivity index (χ2v) is 3.52. The average Bonchev–Trinajstić information content (AvgIpc) is 2.18. The highest BCUT2D eigenvalue weighted by Gasteiger charge is 2.21. The molecule has 1 unspecified atom stereocenters. The summed E-state index contributed by atoms with van der Waals surface area (Å²) in [5, 5.41) is 11.5. The van der Waals surface area contributed by atoms with Crippen LogP contribution in [0, 0.1) is 0 Å². The van der Waals surface area contributed by atoms with Crippen molar-refractivity contribution in [2.75, 3.05) is 33.9 Å². The minimum Gasteiger partial charge on any atom is -0.480 e. The number of ether oxygens (including phenoxy) is 1. The van der Waals surface area contributed by atoms with Crippen molar-refractivity contribution in [2.45, 2.75) is 19.4 Å². The number of amides is 1. The monoisotopic (exact) mass is 232 g/mol. The molecular formula is C10H20N2O4. The molecule has 0 aliphatic carbocycles. The van der Waals surface area contributed by atoms with Crippen LogP contribution in [0.1, 0.15) is 13.3 Å². The smallest absolute Gasteiger partial charge is 0.320 e. The highest BCUT2D eigenvalue weighted by Crippen LogP contribution is 2.00. The van der Waals surface area contributed by atoms with Crippen LogP contribution in [0.2, 0.25) is 0 Å². The van der Waals surface area contributed by atoms with Gasteiger partial charge in [-0.05, 0) is 13.5 Å². The molecule has 6 nitrogen and oxygen atoms in total. The van der Waals surface area contributed by atoms with Crippen LogP contribution in [0.25, 0.3) is 0 Å². The van der Waals surface area contributed by atoms with E-state index < -0.39 is 12.0 Å². The van der Waals surface area contributed by atoms with Gasteiger partial charge in [-0.3, -0.25) is 14.5 Å². The minimum atomic E-state index is -0.908. The van der Waals surface area contributed by atoms with Crippen molar-refractivity contribution in [3.05, 3.63) is 0 Å². The molecule has 0 spiro atoms. The maximum Gasteiger partial charge on any atom is 0.320 e. The van der Waals surface area contributed by atoms with Crippen molar-refractivity contribution in [1.82, 2.24) is 10.2 Å². The lowest BCUT2D eigenvalue weighted by molar-refractivity contribution is -0.143. The van der Waals surface area contributed by atoms with Crippen molar-refractivity contribution in [1.29, 1.82) is 0 Å². The Morgan fingerprint density at radius 3 is 2.56 bits per heavy atom. The largest absolute Gasteiger partial charge is 0.480 e. The van der Waals surface area contributed by atoms with Crippen LogP contribution >= 0.6 is 0 Å². The highest BCUT2D eigenvalue weighted by molar-refractivity contribution is 5.79. The van der Waals surface area contributed by atoms with E-state index >= 15 is 0 Å². The van der Waals surface area contributed by atoms with Crippen molar-refractivity contribution in [3.8, 4) is 0 Å². The van der Waals surface area contributed by atoms with E-state index in [4.69, 9.17) is 9.84 Å².